The second-order valence-corrected chi connectivity index (χ2v) is 8.20. The normalized spacial score (nSPS) is 17.5. The van der Waals surface area contributed by atoms with Crippen LogP contribution in [0.1, 0.15) is 47.0 Å². The highest BCUT2D eigenvalue weighted by Crippen LogP contribution is 2.49. The summed E-state index contributed by atoms with van der Waals surface area (Å²) in [6.45, 7) is 0. The monoisotopic (exact) mass is 551 g/mol. The summed E-state index contributed by atoms with van der Waals surface area (Å²) in [6.07, 6.45) is -14.2. The van der Waals surface area contributed by atoms with Gasteiger partial charge in [0.15, 0.2) is 17.3 Å². The maximum Gasteiger partial charge on any atom is 0.452 e. The Labute approximate surface area is 209 Å². The van der Waals surface area contributed by atoms with Crippen LogP contribution in [0.4, 0.5) is 26.3 Å². The van der Waals surface area contributed by atoms with Crippen LogP contribution in [-0.4, -0.2) is 40.1 Å². The first-order chi connectivity index (χ1) is 17.3. The molecule has 1 aliphatic rings. The lowest BCUT2D eigenvalue weighted by atomic mass is 9.96. The summed E-state index contributed by atoms with van der Waals surface area (Å²) in [5, 5.41) is 15.2. The van der Waals surface area contributed by atoms with Gasteiger partial charge < -0.3 is 19.3 Å². The topological polar surface area (TPSA) is 95.7 Å². The minimum atomic E-state index is -5.16. The van der Waals surface area contributed by atoms with E-state index < -0.39 is 64.9 Å². The predicted molar refractivity (Wildman–Crippen MR) is 114 cm³/mol. The number of fused-ring (bicyclic) bond motifs is 3. The summed E-state index contributed by atoms with van der Waals surface area (Å²) >= 11 is 5.95. The van der Waals surface area contributed by atoms with Crippen LogP contribution >= 0.6 is 11.6 Å². The second kappa shape index (κ2) is 9.41. The van der Waals surface area contributed by atoms with Gasteiger partial charge in [-0.25, -0.2) is 0 Å². The van der Waals surface area contributed by atoms with Crippen molar-refractivity contribution >= 4 is 17.6 Å². The number of aromatic nitrogens is 3. The Bertz CT molecular complexity index is 1360. The molecule has 1 aliphatic heterocycles. The Morgan fingerprint density at radius 2 is 1.78 bits per heavy atom. The average Bonchev–Trinajstić information content (AvgIpc) is 3.21. The number of carboxylic acid groups (broad SMARTS) is 1. The van der Waals surface area contributed by atoms with Crippen molar-refractivity contribution in [2.24, 2.45) is 0 Å². The van der Waals surface area contributed by atoms with Crippen LogP contribution in [0.3, 0.4) is 0 Å². The Kier molecular flexibility index (Phi) is 6.75. The van der Waals surface area contributed by atoms with Crippen LogP contribution in [0.25, 0.3) is 5.69 Å². The number of ether oxygens (including phenoxy) is 3. The maximum absolute atomic E-state index is 13.9. The molecule has 3 aromatic rings. The largest absolute Gasteiger partial charge is 0.493 e. The van der Waals surface area contributed by atoms with E-state index in [-0.39, 0.29) is 22.6 Å². The quantitative estimate of drug-likeness (QED) is 0.412. The molecule has 2 aromatic carbocycles. The van der Waals surface area contributed by atoms with Crippen LogP contribution in [0, 0.1) is 0 Å². The minimum absolute atomic E-state index is 0.0553. The minimum Gasteiger partial charge on any atom is -0.493 e. The highest BCUT2D eigenvalue weighted by molar-refractivity contribution is 6.31. The molecule has 1 N–H and O–H groups in total. The third-order valence-electron chi connectivity index (χ3n) is 5.55. The number of hydrogen-bond donors (Lipinski definition) is 1. The predicted octanol–water partition coefficient (Wildman–Crippen LogP) is 5.61. The second-order valence-electron chi connectivity index (χ2n) is 7.79. The molecule has 0 amide bonds. The van der Waals surface area contributed by atoms with Gasteiger partial charge in [0, 0.05) is 11.1 Å². The van der Waals surface area contributed by atoms with E-state index in [1.165, 1.54) is 32.4 Å². The third-order valence-corrected chi connectivity index (χ3v) is 5.86. The van der Waals surface area contributed by atoms with E-state index in [0.717, 1.165) is 6.07 Å². The fraction of sp³-hybridized carbons (Fsp3) is 0.318. The van der Waals surface area contributed by atoms with Gasteiger partial charge in [0.05, 0.1) is 36.9 Å². The number of alkyl halides is 6. The molecule has 2 atom stereocenters. The van der Waals surface area contributed by atoms with E-state index in [9.17, 15) is 36.2 Å². The first-order valence-electron chi connectivity index (χ1n) is 10.3. The van der Waals surface area contributed by atoms with Crippen LogP contribution in [0.2, 0.25) is 5.02 Å². The molecule has 15 heteroatoms. The molecule has 0 spiro atoms. The van der Waals surface area contributed by atoms with E-state index in [2.05, 4.69) is 10.2 Å². The Hall–Kier alpha value is -3.52. The van der Waals surface area contributed by atoms with E-state index in [0.29, 0.717) is 10.6 Å². The number of methoxy groups -OCH3 is 2. The molecule has 0 unspecified atom stereocenters. The van der Waals surface area contributed by atoms with Crippen molar-refractivity contribution in [2.45, 2.75) is 31.0 Å². The number of hydrogen-bond acceptors (Lipinski definition) is 6. The number of benzene rings is 2. The highest BCUT2D eigenvalue weighted by atomic mass is 35.5. The van der Waals surface area contributed by atoms with Crippen LogP contribution in [-0.2, 0) is 21.9 Å². The average molecular weight is 552 g/mol. The number of rotatable bonds is 5. The summed E-state index contributed by atoms with van der Waals surface area (Å²) in [4.78, 5) is 11.6. The number of halogens is 7. The molecule has 0 saturated carbocycles. The van der Waals surface area contributed by atoms with Crippen LogP contribution < -0.4 is 9.47 Å². The molecule has 0 aliphatic carbocycles. The van der Waals surface area contributed by atoms with E-state index in [1.807, 2.05) is 0 Å². The van der Waals surface area contributed by atoms with Crippen molar-refractivity contribution in [1.29, 1.82) is 0 Å². The van der Waals surface area contributed by atoms with Gasteiger partial charge in [-0.3, -0.25) is 9.36 Å². The van der Waals surface area contributed by atoms with E-state index in [1.54, 1.807) is 0 Å². The van der Waals surface area contributed by atoms with Crippen molar-refractivity contribution in [3.05, 3.63) is 63.7 Å². The zero-order valence-corrected chi connectivity index (χ0v) is 19.6. The van der Waals surface area contributed by atoms with Crippen LogP contribution in [0.15, 0.2) is 30.3 Å². The summed E-state index contributed by atoms with van der Waals surface area (Å²) in [7, 11) is 2.59. The molecule has 0 saturated heterocycles. The van der Waals surface area contributed by atoms with Crippen LogP contribution in [0.5, 0.6) is 11.5 Å². The Morgan fingerprint density at radius 1 is 1.08 bits per heavy atom. The first-order valence-corrected chi connectivity index (χ1v) is 10.7. The molecule has 0 radical (unpaired) electrons. The summed E-state index contributed by atoms with van der Waals surface area (Å²) in [6, 6.07) is 5.67. The van der Waals surface area contributed by atoms with Crippen molar-refractivity contribution in [3.8, 4) is 17.2 Å². The van der Waals surface area contributed by atoms with Gasteiger partial charge in [-0.15, -0.1) is 10.2 Å². The number of carboxylic acids is 1. The summed E-state index contributed by atoms with van der Waals surface area (Å²) < 4.78 is 99.9. The Morgan fingerprint density at radius 3 is 2.35 bits per heavy atom. The standard InChI is InChI=1S/C22H16ClF6N3O5/c1-35-14-5-3-4-9(18(14)36-2)17-10-6-12(23)11(21(24,25)26)7-13(10)32-19(15(37-17)8-16(33)34)30-31-20(32)22(27,28)29/h3-7,15,17H,8H2,1-2H3,(H,33,34)/t15-,17-/m1/s1. The number of aliphatic carboxylic acids is 1. The fourth-order valence-corrected chi connectivity index (χ4v) is 4.36. The van der Waals surface area contributed by atoms with E-state index >= 15 is 0 Å². The third kappa shape index (κ3) is 4.78. The molecule has 1 aromatic heterocycles. The SMILES string of the molecule is COc1cccc([C@H]2O[C@H](CC(=O)O)c3nnc(C(F)(F)F)n3-c3cc(C(F)(F)F)c(Cl)cc32)c1OC. The van der Waals surface area contributed by atoms with Crippen molar-refractivity contribution in [2.75, 3.05) is 14.2 Å². The molecule has 4 rings (SSSR count). The molecule has 37 heavy (non-hydrogen) atoms. The number of carbonyl (C=O) groups is 1. The van der Waals surface area contributed by atoms with Crippen molar-refractivity contribution in [3.63, 3.8) is 0 Å². The smallest absolute Gasteiger partial charge is 0.452 e. The van der Waals surface area contributed by atoms with Gasteiger partial charge in [0.25, 0.3) is 0 Å². The lowest BCUT2D eigenvalue weighted by Crippen LogP contribution is -2.18. The summed E-state index contributed by atoms with van der Waals surface area (Å²) in [5.41, 5.74) is -2.19. The number of para-hydroxylation sites is 1. The molecule has 2 heterocycles. The zero-order valence-electron chi connectivity index (χ0n) is 18.8. The molecular formula is C22H16ClF6N3O5. The van der Waals surface area contributed by atoms with Gasteiger partial charge in [0.2, 0.25) is 5.82 Å². The van der Waals surface area contributed by atoms with E-state index in [4.69, 9.17) is 25.8 Å². The van der Waals surface area contributed by atoms with Crippen molar-refractivity contribution in [1.82, 2.24) is 14.8 Å². The van der Waals surface area contributed by atoms with Gasteiger partial charge in [-0.2, -0.15) is 26.3 Å². The first kappa shape index (κ1) is 26.5. The van der Waals surface area contributed by atoms with Gasteiger partial charge in [-0.05, 0) is 18.2 Å². The Balaban J connectivity index is 2.12. The molecule has 8 nitrogen and oxygen atoms in total. The molecule has 0 fully saturated rings. The molecule has 0 bridgehead atoms. The van der Waals surface area contributed by atoms with Gasteiger partial charge in [0.1, 0.15) is 12.2 Å². The highest BCUT2D eigenvalue weighted by Gasteiger charge is 2.45. The summed E-state index contributed by atoms with van der Waals surface area (Å²) in [5.74, 6) is -3.56. The van der Waals surface area contributed by atoms with Gasteiger partial charge >= 0.3 is 18.3 Å². The maximum atomic E-state index is 13.9. The zero-order chi connectivity index (χ0) is 27.3. The fourth-order valence-electron chi connectivity index (χ4n) is 4.08. The molecular weight excluding hydrogens is 536 g/mol. The lowest BCUT2D eigenvalue weighted by Gasteiger charge is -2.25. The number of nitrogens with zero attached hydrogens (tertiary/aromatic N) is 3. The molecule has 198 valence electrons. The van der Waals surface area contributed by atoms with Gasteiger partial charge in [-0.1, -0.05) is 23.7 Å². The van der Waals surface area contributed by atoms with Crippen molar-refractivity contribution < 1.29 is 50.5 Å². The lowest BCUT2D eigenvalue weighted by molar-refractivity contribution is -0.146.